The number of halogens is 4. The Morgan fingerprint density at radius 1 is 1.39 bits per heavy atom. The molecule has 0 atom stereocenters. The fraction of sp³-hybridized carbons (Fsp3) is 0.636. The van der Waals surface area contributed by atoms with Crippen LogP contribution in [0, 0.1) is 5.92 Å². The molecule has 0 spiro atoms. The summed E-state index contributed by atoms with van der Waals surface area (Å²) in [5, 5.41) is 8.58. The van der Waals surface area contributed by atoms with Crippen LogP contribution in [0.1, 0.15) is 12.8 Å². The second-order valence-corrected chi connectivity index (χ2v) is 7.41. The second-order valence-electron chi connectivity index (χ2n) is 5.10. The zero-order chi connectivity index (χ0) is 17.3. The summed E-state index contributed by atoms with van der Waals surface area (Å²) in [4.78, 5) is 11.3. The molecule has 2 N–H and O–H groups in total. The molecule has 1 aromatic heterocycles. The predicted molar refractivity (Wildman–Crippen MR) is 77.6 cm³/mol. The molecule has 2 rings (SSSR count). The molecule has 0 aromatic carbocycles. The summed E-state index contributed by atoms with van der Waals surface area (Å²) in [5.41, 5.74) is -5.51. The molecule has 1 aliphatic rings. The van der Waals surface area contributed by atoms with Gasteiger partial charge in [-0.15, -0.1) is 0 Å². The number of hydrogen-bond donors (Lipinski definition) is 2. The number of rotatable bonds is 4. The highest BCUT2D eigenvalue weighted by Crippen LogP contribution is 2.30. The van der Waals surface area contributed by atoms with E-state index in [9.17, 15) is 26.4 Å². The first-order chi connectivity index (χ1) is 10.6. The van der Waals surface area contributed by atoms with Crippen molar-refractivity contribution in [3.63, 3.8) is 0 Å². The first-order valence-corrected chi connectivity index (χ1v) is 8.48. The molecule has 1 aliphatic heterocycles. The highest BCUT2D eigenvalue weighted by Gasteiger charge is 2.50. The Bertz CT molecular complexity index is 714. The number of anilines is 1. The van der Waals surface area contributed by atoms with Crippen molar-refractivity contribution < 1.29 is 21.6 Å². The lowest BCUT2D eigenvalue weighted by molar-refractivity contribution is -0.0496. The lowest BCUT2D eigenvalue weighted by Crippen LogP contribution is -2.45. The van der Waals surface area contributed by atoms with E-state index < -0.39 is 21.1 Å². The highest BCUT2D eigenvalue weighted by molar-refractivity contribution is 7.90. The molecule has 0 radical (unpaired) electrons. The van der Waals surface area contributed by atoms with E-state index in [4.69, 9.17) is 11.6 Å². The summed E-state index contributed by atoms with van der Waals surface area (Å²) in [6, 6.07) is 0. The van der Waals surface area contributed by atoms with Gasteiger partial charge in [-0.05, 0) is 18.8 Å². The van der Waals surface area contributed by atoms with E-state index in [-0.39, 0.29) is 36.9 Å². The second kappa shape index (κ2) is 6.65. The summed E-state index contributed by atoms with van der Waals surface area (Å²) in [7, 11) is -5.27. The van der Waals surface area contributed by atoms with E-state index in [1.807, 2.05) is 0 Å². The topological polar surface area (TPSA) is 95.2 Å². The van der Waals surface area contributed by atoms with Gasteiger partial charge in [0.25, 0.3) is 5.56 Å². The van der Waals surface area contributed by atoms with Crippen LogP contribution >= 0.6 is 11.6 Å². The smallest absolute Gasteiger partial charge is 0.382 e. The van der Waals surface area contributed by atoms with Gasteiger partial charge in [-0.1, -0.05) is 11.6 Å². The predicted octanol–water partition coefficient (Wildman–Crippen LogP) is 1.40. The van der Waals surface area contributed by atoms with Gasteiger partial charge in [0.05, 0.1) is 11.9 Å². The third kappa shape index (κ3) is 3.96. The summed E-state index contributed by atoms with van der Waals surface area (Å²) in [6.07, 6.45) is 1.88. The molecular formula is C11H14ClF3N4O3S. The normalized spacial score (nSPS) is 18.1. The van der Waals surface area contributed by atoms with Crippen molar-refractivity contribution in [2.45, 2.75) is 18.3 Å². The first-order valence-electron chi connectivity index (χ1n) is 6.66. The van der Waals surface area contributed by atoms with Crippen LogP contribution in [0.2, 0.25) is 5.02 Å². The number of aromatic nitrogens is 2. The fourth-order valence-corrected chi connectivity index (χ4v) is 3.40. The monoisotopic (exact) mass is 374 g/mol. The minimum absolute atomic E-state index is 0.0370. The van der Waals surface area contributed by atoms with Crippen LogP contribution in [0.25, 0.3) is 0 Å². The van der Waals surface area contributed by atoms with Gasteiger partial charge in [0.15, 0.2) is 0 Å². The minimum atomic E-state index is -5.28. The molecule has 0 amide bonds. The van der Waals surface area contributed by atoms with E-state index >= 15 is 0 Å². The molecule has 23 heavy (non-hydrogen) atoms. The largest absolute Gasteiger partial charge is 0.511 e. The number of nitrogens with one attached hydrogen (secondary N) is 2. The number of sulfonamides is 1. The van der Waals surface area contributed by atoms with Gasteiger partial charge < -0.3 is 5.32 Å². The molecule has 1 aromatic rings. The molecule has 0 saturated carbocycles. The SMILES string of the molecule is O=c1[nH]ncc(NCC2CCN(S(=O)(=O)C(F)(F)F)CC2)c1Cl. The Morgan fingerprint density at radius 3 is 2.57 bits per heavy atom. The number of aromatic amines is 1. The summed E-state index contributed by atoms with van der Waals surface area (Å²) >= 11 is 5.79. The standard InChI is InChI=1S/C11H14ClF3N4O3S/c12-9-8(6-17-18-10(9)20)16-5-7-1-3-19(4-2-7)23(21,22)11(13,14)15/h6-7H,1-5H2,(H2,16,18,20). The maximum absolute atomic E-state index is 12.5. The van der Waals surface area contributed by atoms with E-state index in [1.54, 1.807) is 0 Å². The van der Waals surface area contributed by atoms with Crippen LogP contribution in [-0.2, 0) is 10.0 Å². The molecule has 1 saturated heterocycles. The molecule has 1 fully saturated rings. The molecule has 2 heterocycles. The van der Waals surface area contributed by atoms with Crippen LogP contribution in [0.4, 0.5) is 18.9 Å². The molecule has 7 nitrogen and oxygen atoms in total. The van der Waals surface area contributed by atoms with Crippen LogP contribution in [0.15, 0.2) is 11.0 Å². The zero-order valence-electron chi connectivity index (χ0n) is 11.7. The number of H-pyrrole nitrogens is 1. The number of alkyl halides is 3. The number of nitrogens with zero attached hydrogens (tertiary/aromatic N) is 2. The van der Waals surface area contributed by atoms with Crippen LogP contribution < -0.4 is 10.9 Å². The maximum atomic E-state index is 12.5. The van der Waals surface area contributed by atoms with Crippen LogP contribution in [-0.4, -0.2) is 48.1 Å². The quantitative estimate of drug-likeness (QED) is 0.830. The Labute approximate surface area is 134 Å². The minimum Gasteiger partial charge on any atom is -0.382 e. The lowest BCUT2D eigenvalue weighted by atomic mass is 9.98. The summed E-state index contributed by atoms with van der Waals surface area (Å²) in [6.45, 7) is -0.0458. The molecule has 0 unspecified atom stereocenters. The maximum Gasteiger partial charge on any atom is 0.511 e. The van der Waals surface area contributed by atoms with Gasteiger partial charge in [0.2, 0.25) is 0 Å². The van der Waals surface area contributed by atoms with E-state index in [0.29, 0.717) is 16.5 Å². The average Bonchev–Trinajstić information content (AvgIpc) is 2.48. The van der Waals surface area contributed by atoms with Gasteiger partial charge in [0.1, 0.15) is 5.02 Å². The van der Waals surface area contributed by atoms with Crippen LogP contribution in [0.3, 0.4) is 0 Å². The number of hydrogen-bond acceptors (Lipinski definition) is 5. The van der Waals surface area contributed by atoms with Crippen molar-refractivity contribution in [1.82, 2.24) is 14.5 Å². The fourth-order valence-electron chi connectivity index (χ4n) is 2.26. The van der Waals surface area contributed by atoms with E-state index in [2.05, 4.69) is 15.5 Å². The molecule has 0 aliphatic carbocycles. The van der Waals surface area contributed by atoms with E-state index in [0.717, 1.165) is 0 Å². The van der Waals surface area contributed by atoms with Crippen molar-refractivity contribution in [3.05, 3.63) is 21.6 Å². The first kappa shape index (κ1) is 18.0. The third-order valence-corrected chi connectivity index (χ3v) is 5.59. The van der Waals surface area contributed by atoms with Crippen molar-refractivity contribution in [2.24, 2.45) is 5.92 Å². The Kier molecular flexibility index (Phi) is 5.21. The van der Waals surface area contributed by atoms with Gasteiger partial charge >= 0.3 is 15.5 Å². The highest BCUT2D eigenvalue weighted by atomic mass is 35.5. The average molecular weight is 375 g/mol. The van der Waals surface area contributed by atoms with Crippen LogP contribution in [0.5, 0.6) is 0 Å². The summed E-state index contributed by atoms with van der Waals surface area (Å²) in [5.74, 6) is -0.0370. The number of piperidine rings is 1. The van der Waals surface area contributed by atoms with Crippen molar-refractivity contribution >= 4 is 27.3 Å². The Balaban J connectivity index is 1.91. The Hall–Kier alpha value is -1.33. The molecular weight excluding hydrogens is 361 g/mol. The van der Waals surface area contributed by atoms with Gasteiger partial charge in [-0.25, -0.2) is 13.5 Å². The van der Waals surface area contributed by atoms with Gasteiger partial charge in [0, 0.05) is 19.6 Å². The Morgan fingerprint density at radius 2 is 2.00 bits per heavy atom. The van der Waals surface area contributed by atoms with Crippen molar-refractivity contribution in [3.8, 4) is 0 Å². The van der Waals surface area contributed by atoms with E-state index in [1.165, 1.54) is 6.20 Å². The van der Waals surface area contributed by atoms with Gasteiger partial charge in [-0.2, -0.15) is 22.6 Å². The van der Waals surface area contributed by atoms with Crippen molar-refractivity contribution in [1.29, 1.82) is 0 Å². The van der Waals surface area contributed by atoms with Gasteiger partial charge in [-0.3, -0.25) is 4.79 Å². The van der Waals surface area contributed by atoms with Crippen molar-refractivity contribution in [2.75, 3.05) is 25.0 Å². The molecule has 0 bridgehead atoms. The summed E-state index contributed by atoms with van der Waals surface area (Å²) < 4.78 is 60.5. The lowest BCUT2D eigenvalue weighted by Gasteiger charge is -2.31. The molecule has 130 valence electrons. The third-order valence-electron chi connectivity index (χ3n) is 3.58. The molecule has 12 heteroatoms. The zero-order valence-corrected chi connectivity index (χ0v) is 13.3.